The van der Waals surface area contributed by atoms with E-state index in [1.807, 2.05) is 24.4 Å². The van der Waals surface area contributed by atoms with E-state index in [-0.39, 0.29) is 5.91 Å². The van der Waals surface area contributed by atoms with Gasteiger partial charge in [-0.25, -0.2) is 0 Å². The molecule has 94 valence electrons. The fraction of sp³-hybridized carbons (Fsp3) is 0.267. The maximum atomic E-state index is 11.8. The molecule has 1 heterocycles. The molecule has 2 rings (SSSR count). The molecule has 1 N–H and O–H groups in total. The number of nitrogens with zero attached hydrogens (tertiary/aromatic N) is 1. The minimum atomic E-state index is 0.153. The van der Waals surface area contributed by atoms with Crippen LogP contribution in [0.3, 0.4) is 0 Å². The van der Waals surface area contributed by atoms with Gasteiger partial charge in [0.2, 0.25) is 5.91 Å². The normalized spacial score (nSPS) is 10.5. The maximum absolute atomic E-state index is 11.8. The Kier molecular flexibility index (Phi) is 3.82. The Morgan fingerprint density at radius 1 is 1.44 bits per heavy atom. The number of nitrogens with one attached hydrogen (secondary N) is 1. The number of rotatable bonds is 5. The molecule has 0 aliphatic heterocycles. The molecule has 1 aromatic carbocycles. The number of aromatic nitrogens is 1. The summed E-state index contributed by atoms with van der Waals surface area (Å²) in [6.07, 6.45) is 5.03. The third-order valence-corrected chi connectivity index (χ3v) is 3.11. The van der Waals surface area contributed by atoms with E-state index in [0.29, 0.717) is 13.0 Å². The molecule has 18 heavy (non-hydrogen) atoms. The molecule has 0 spiro atoms. The SMILES string of the molecule is C=CCN(C)C(=O)CCc1c[nH]c2ccccc12. The number of benzene rings is 1. The van der Waals surface area contributed by atoms with Crippen LogP contribution >= 0.6 is 0 Å². The van der Waals surface area contributed by atoms with Crippen molar-refractivity contribution >= 4 is 16.8 Å². The van der Waals surface area contributed by atoms with Crippen LogP contribution in [0.5, 0.6) is 0 Å². The van der Waals surface area contributed by atoms with Gasteiger partial charge in [0.25, 0.3) is 0 Å². The first kappa shape index (κ1) is 12.4. The van der Waals surface area contributed by atoms with E-state index in [2.05, 4.69) is 17.6 Å². The zero-order valence-corrected chi connectivity index (χ0v) is 10.6. The van der Waals surface area contributed by atoms with Crippen LogP contribution in [-0.2, 0) is 11.2 Å². The van der Waals surface area contributed by atoms with E-state index in [1.165, 1.54) is 10.9 Å². The molecule has 1 aromatic heterocycles. The zero-order chi connectivity index (χ0) is 13.0. The summed E-state index contributed by atoms with van der Waals surface area (Å²) in [6.45, 7) is 4.24. The molecule has 0 aliphatic rings. The van der Waals surface area contributed by atoms with E-state index in [4.69, 9.17) is 0 Å². The van der Waals surface area contributed by atoms with Gasteiger partial charge >= 0.3 is 0 Å². The summed E-state index contributed by atoms with van der Waals surface area (Å²) in [5, 5.41) is 1.21. The minimum absolute atomic E-state index is 0.153. The van der Waals surface area contributed by atoms with Gasteiger partial charge in [0.05, 0.1) is 0 Å². The number of likely N-dealkylation sites (N-methyl/N-ethyl adjacent to an activating group) is 1. The van der Waals surface area contributed by atoms with E-state index in [0.717, 1.165) is 11.9 Å². The van der Waals surface area contributed by atoms with Crippen molar-refractivity contribution in [1.82, 2.24) is 9.88 Å². The molecule has 1 amide bonds. The van der Waals surface area contributed by atoms with Gasteiger partial charge in [-0.15, -0.1) is 6.58 Å². The molecule has 0 bridgehead atoms. The number of H-pyrrole nitrogens is 1. The average Bonchev–Trinajstić information content (AvgIpc) is 2.79. The molecule has 3 heteroatoms. The number of aryl methyl sites for hydroxylation is 1. The highest BCUT2D eigenvalue weighted by Gasteiger charge is 2.09. The largest absolute Gasteiger partial charge is 0.361 e. The van der Waals surface area contributed by atoms with Crippen LogP contribution in [-0.4, -0.2) is 29.4 Å². The lowest BCUT2D eigenvalue weighted by atomic mass is 10.1. The van der Waals surface area contributed by atoms with Crippen LogP contribution in [0.1, 0.15) is 12.0 Å². The number of hydrogen-bond donors (Lipinski definition) is 1. The fourth-order valence-electron chi connectivity index (χ4n) is 2.07. The summed E-state index contributed by atoms with van der Waals surface area (Å²) in [7, 11) is 1.80. The lowest BCUT2D eigenvalue weighted by molar-refractivity contribution is -0.129. The standard InChI is InChI=1S/C15H18N2O/c1-3-10-17(2)15(18)9-8-12-11-16-14-7-5-4-6-13(12)14/h3-7,11,16H,1,8-10H2,2H3. The second-order valence-corrected chi connectivity index (χ2v) is 4.42. The first-order valence-corrected chi connectivity index (χ1v) is 6.12. The van der Waals surface area contributed by atoms with Gasteiger partial charge in [-0.05, 0) is 18.1 Å². The smallest absolute Gasteiger partial charge is 0.222 e. The predicted octanol–water partition coefficient (Wildman–Crippen LogP) is 2.74. The van der Waals surface area contributed by atoms with E-state index < -0.39 is 0 Å². The van der Waals surface area contributed by atoms with E-state index >= 15 is 0 Å². The molecule has 3 nitrogen and oxygen atoms in total. The summed E-state index contributed by atoms with van der Waals surface area (Å²) in [5.74, 6) is 0.153. The molecule has 0 aliphatic carbocycles. The molecule has 0 radical (unpaired) electrons. The van der Waals surface area contributed by atoms with Crippen molar-refractivity contribution in [2.24, 2.45) is 0 Å². The Hall–Kier alpha value is -2.03. The first-order valence-electron chi connectivity index (χ1n) is 6.12. The van der Waals surface area contributed by atoms with Gasteiger partial charge in [0, 0.05) is 37.1 Å². The lowest BCUT2D eigenvalue weighted by Gasteiger charge is -2.14. The molecular formula is C15H18N2O. The third kappa shape index (κ3) is 2.62. The maximum Gasteiger partial charge on any atom is 0.222 e. The Morgan fingerprint density at radius 3 is 3.00 bits per heavy atom. The number of aromatic amines is 1. The van der Waals surface area contributed by atoms with Gasteiger partial charge in [-0.3, -0.25) is 4.79 Å². The molecule has 0 saturated heterocycles. The fourth-order valence-corrected chi connectivity index (χ4v) is 2.07. The number of hydrogen-bond acceptors (Lipinski definition) is 1. The van der Waals surface area contributed by atoms with E-state index in [9.17, 15) is 4.79 Å². The first-order chi connectivity index (χ1) is 8.72. The average molecular weight is 242 g/mol. The highest BCUT2D eigenvalue weighted by Crippen LogP contribution is 2.19. The summed E-state index contributed by atoms with van der Waals surface area (Å²) in [6, 6.07) is 8.15. The van der Waals surface area contributed by atoms with Gasteiger partial charge in [0.15, 0.2) is 0 Å². The Labute approximate surface area is 107 Å². The van der Waals surface area contributed by atoms with Gasteiger partial charge < -0.3 is 9.88 Å². The lowest BCUT2D eigenvalue weighted by Crippen LogP contribution is -2.26. The Morgan fingerprint density at radius 2 is 2.22 bits per heavy atom. The number of carbonyl (C=O) groups is 1. The van der Waals surface area contributed by atoms with Crippen molar-refractivity contribution in [3.8, 4) is 0 Å². The number of para-hydroxylation sites is 1. The monoisotopic (exact) mass is 242 g/mol. The quantitative estimate of drug-likeness (QED) is 0.804. The van der Waals surface area contributed by atoms with Gasteiger partial charge in [-0.2, -0.15) is 0 Å². The summed E-state index contributed by atoms with van der Waals surface area (Å²) in [4.78, 5) is 16.8. The topological polar surface area (TPSA) is 36.1 Å². The van der Waals surface area contributed by atoms with Crippen molar-refractivity contribution in [2.75, 3.05) is 13.6 Å². The minimum Gasteiger partial charge on any atom is -0.361 e. The van der Waals surface area contributed by atoms with Crippen molar-refractivity contribution in [3.05, 3.63) is 48.7 Å². The summed E-state index contributed by atoms with van der Waals surface area (Å²) in [5.41, 5.74) is 2.32. The van der Waals surface area contributed by atoms with Gasteiger partial charge in [-0.1, -0.05) is 24.3 Å². The highest BCUT2D eigenvalue weighted by molar-refractivity contribution is 5.84. The van der Waals surface area contributed by atoms with Crippen LogP contribution < -0.4 is 0 Å². The highest BCUT2D eigenvalue weighted by atomic mass is 16.2. The molecule has 0 unspecified atom stereocenters. The number of amides is 1. The van der Waals surface area contributed by atoms with E-state index in [1.54, 1.807) is 18.0 Å². The van der Waals surface area contributed by atoms with Crippen LogP contribution in [0.2, 0.25) is 0 Å². The molecule has 0 fully saturated rings. The Balaban J connectivity index is 2.02. The summed E-state index contributed by atoms with van der Waals surface area (Å²) < 4.78 is 0. The van der Waals surface area contributed by atoms with Crippen molar-refractivity contribution in [1.29, 1.82) is 0 Å². The molecule has 2 aromatic rings. The zero-order valence-electron chi connectivity index (χ0n) is 10.6. The van der Waals surface area contributed by atoms with Crippen LogP contribution in [0.4, 0.5) is 0 Å². The van der Waals surface area contributed by atoms with Crippen LogP contribution in [0, 0.1) is 0 Å². The summed E-state index contributed by atoms with van der Waals surface area (Å²) >= 11 is 0. The van der Waals surface area contributed by atoms with Crippen LogP contribution in [0.25, 0.3) is 10.9 Å². The van der Waals surface area contributed by atoms with Crippen molar-refractivity contribution < 1.29 is 4.79 Å². The van der Waals surface area contributed by atoms with Crippen molar-refractivity contribution in [3.63, 3.8) is 0 Å². The Bertz CT molecular complexity index is 556. The van der Waals surface area contributed by atoms with Gasteiger partial charge in [0.1, 0.15) is 0 Å². The molecule has 0 saturated carbocycles. The van der Waals surface area contributed by atoms with Crippen molar-refractivity contribution in [2.45, 2.75) is 12.8 Å². The number of carbonyl (C=O) groups excluding carboxylic acids is 1. The predicted molar refractivity (Wildman–Crippen MR) is 74.5 cm³/mol. The molecule has 0 atom stereocenters. The number of fused-ring (bicyclic) bond motifs is 1. The molecular weight excluding hydrogens is 224 g/mol. The second-order valence-electron chi connectivity index (χ2n) is 4.42. The third-order valence-electron chi connectivity index (χ3n) is 3.11. The second kappa shape index (κ2) is 5.54. The van der Waals surface area contributed by atoms with Crippen LogP contribution in [0.15, 0.2) is 43.1 Å².